The summed E-state index contributed by atoms with van der Waals surface area (Å²) in [4.78, 5) is 11.1. The van der Waals surface area contributed by atoms with Crippen LogP contribution >= 0.6 is 0 Å². The average molecular weight is 174 g/mol. The third-order valence-electron chi connectivity index (χ3n) is 1.86. The number of carbonyl (C=O) groups excluding carboxylic acids is 1. The Labute approximate surface area is 71.5 Å². The lowest BCUT2D eigenvalue weighted by Crippen LogP contribution is -2.42. The van der Waals surface area contributed by atoms with Crippen LogP contribution in [-0.4, -0.2) is 36.0 Å². The number of hydrogen-bond acceptors (Lipinski definition) is 4. The summed E-state index contributed by atoms with van der Waals surface area (Å²) < 4.78 is 4.42. The van der Waals surface area contributed by atoms with Gasteiger partial charge in [-0.05, 0) is 6.92 Å². The molecule has 2 atom stereocenters. The molecule has 0 radical (unpaired) electrons. The molecule has 0 aromatic carbocycles. The molecule has 0 aliphatic rings. The van der Waals surface area contributed by atoms with Crippen molar-refractivity contribution in [3.05, 3.63) is 12.7 Å². The van der Waals surface area contributed by atoms with E-state index in [4.69, 9.17) is 5.11 Å². The molecule has 12 heavy (non-hydrogen) atoms. The summed E-state index contributed by atoms with van der Waals surface area (Å²) in [6.45, 7) is 4.25. The normalized spacial score (nSPS) is 17.7. The Morgan fingerprint density at radius 2 is 2.33 bits per heavy atom. The zero-order valence-electron chi connectivity index (χ0n) is 7.28. The summed E-state index contributed by atoms with van der Waals surface area (Å²) in [5.41, 5.74) is -1.31. The second kappa shape index (κ2) is 4.23. The maximum atomic E-state index is 11.1. The van der Waals surface area contributed by atoms with E-state index in [-0.39, 0.29) is 0 Å². The van der Waals surface area contributed by atoms with Crippen molar-refractivity contribution in [2.75, 3.05) is 13.7 Å². The molecule has 0 saturated carbocycles. The highest BCUT2D eigenvalue weighted by Gasteiger charge is 2.39. The number of methoxy groups -OCH3 is 1. The molecule has 0 spiro atoms. The number of hydrogen-bond donors (Lipinski definition) is 2. The van der Waals surface area contributed by atoms with Gasteiger partial charge in [-0.3, -0.25) is 4.79 Å². The third-order valence-corrected chi connectivity index (χ3v) is 1.86. The third kappa shape index (κ3) is 1.84. The quantitative estimate of drug-likeness (QED) is 0.454. The summed E-state index contributed by atoms with van der Waals surface area (Å²) in [5.74, 6) is -0.655. The van der Waals surface area contributed by atoms with E-state index in [1.165, 1.54) is 20.1 Å². The maximum Gasteiger partial charge on any atom is 0.316 e. The standard InChI is InChI=1S/C8H14O4/c1-4-6(10)8(2,5-9)7(11)12-3/h4,6,9-10H,1,5H2,2-3H3. The summed E-state index contributed by atoms with van der Waals surface area (Å²) in [6, 6.07) is 0. The van der Waals surface area contributed by atoms with E-state index < -0.39 is 24.1 Å². The van der Waals surface area contributed by atoms with Crippen LogP contribution in [-0.2, 0) is 9.53 Å². The lowest BCUT2D eigenvalue weighted by atomic mass is 9.85. The van der Waals surface area contributed by atoms with Gasteiger partial charge in [-0.1, -0.05) is 6.08 Å². The second-order valence-electron chi connectivity index (χ2n) is 2.75. The number of carbonyl (C=O) groups is 1. The number of ether oxygens (including phenoxy) is 1. The molecule has 0 bridgehead atoms. The van der Waals surface area contributed by atoms with Gasteiger partial charge in [0, 0.05) is 0 Å². The predicted octanol–water partition coefficient (Wildman–Crippen LogP) is -0.295. The van der Waals surface area contributed by atoms with E-state index in [1.807, 2.05) is 0 Å². The number of esters is 1. The van der Waals surface area contributed by atoms with Gasteiger partial charge in [0.05, 0.1) is 19.8 Å². The SMILES string of the molecule is C=CC(O)C(C)(CO)C(=O)OC. The van der Waals surface area contributed by atoms with Gasteiger partial charge < -0.3 is 14.9 Å². The first kappa shape index (κ1) is 11.1. The molecule has 0 aliphatic heterocycles. The minimum Gasteiger partial charge on any atom is -0.468 e. The molecule has 0 aliphatic carbocycles. The van der Waals surface area contributed by atoms with Crippen molar-refractivity contribution in [2.45, 2.75) is 13.0 Å². The molecule has 0 aromatic heterocycles. The Kier molecular flexibility index (Phi) is 3.92. The average Bonchev–Trinajstić information content (AvgIpc) is 2.13. The van der Waals surface area contributed by atoms with Crippen molar-refractivity contribution in [1.29, 1.82) is 0 Å². The number of rotatable bonds is 4. The topological polar surface area (TPSA) is 66.8 Å². The molecule has 0 amide bonds. The van der Waals surface area contributed by atoms with E-state index >= 15 is 0 Å². The molecule has 2 N–H and O–H groups in total. The molecular formula is C8H14O4. The van der Waals surface area contributed by atoms with Crippen LogP contribution in [0.1, 0.15) is 6.92 Å². The Hall–Kier alpha value is -0.870. The van der Waals surface area contributed by atoms with Crippen molar-refractivity contribution in [3.8, 4) is 0 Å². The van der Waals surface area contributed by atoms with Gasteiger partial charge in [-0.25, -0.2) is 0 Å². The zero-order valence-corrected chi connectivity index (χ0v) is 7.28. The molecule has 0 rings (SSSR count). The lowest BCUT2D eigenvalue weighted by Gasteiger charge is -2.27. The van der Waals surface area contributed by atoms with Crippen molar-refractivity contribution in [1.82, 2.24) is 0 Å². The molecule has 4 nitrogen and oxygen atoms in total. The number of aliphatic hydroxyl groups is 2. The van der Waals surface area contributed by atoms with Crippen LogP contribution in [0.4, 0.5) is 0 Å². The maximum absolute atomic E-state index is 11.1. The van der Waals surface area contributed by atoms with E-state index in [0.29, 0.717) is 0 Å². The minimum absolute atomic E-state index is 0.479. The van der Waals surface area contributed by atoms with Crippen LogP contribution in [0.15, 0.2) is 12.7 Å². The van der Waals surface area contributed by atoms with Crippen LogP contribution in [0, 0.1) is 5.41 Å². The molecule has 70 valence electrons. The van der Waals surface area contributed by atoms with Gasteiger partial charge in [0.25, 0.3) is 0 Å². The fraction of sp³-hybridized carbons (Fsp3) is 0.625. The van der Waals surface area contributed by atoms with Crippen molar-refractivity contribution >= 4 is 5.97 Å². The Balaban J connectivity index is 4.65. The fourth-order valence-electron chi connectivity index (χ4n) is 0.772. The van der Waals surface area contributed by atoms with Gasteiger partial charge >= 0.3 is 5.97 Å². The van der Waals surface area contributed by atoms with Crippen molar-refractivity contribution in [2.24, 2.45) is 5.41 Å². The monoisotopic (exact) mass is 174 g/mol. The first-order chi connectivity index (χ1) is 5.52. The largest absolute Gasteiger partial charge is 0.468 e. The molecule has 2 unspecified atom stereocenters. The Morgan fingerprint density at radius 1 is 1.83 bits per heavy atom. The second-order valence-corrected chi connectivity index (χ2v) is 2.75. The minimum atomic E-state index is -1.31. The summed E-state index contributed by atoms with van der Waals surface area (Å²) in [6.07, 6.45) is 0.0857. The smallest absolute Gasteiger partial charge is 0.316 e. The van der Waals surface area contributed by atoms with Crippen molar-refractivity contribution in [3.63, 3.8) is 0 Å². The highest BCUT2D eigenvalue weighted by Crippen LogP contribution is 2.23. The van der Waals surface area contributed by atoms with E-state index in [2.05, 4.69) is 11.3 Å². The van der Waals surface area contributed by atoms with Gasteiger partial charge in [-0.15, -0.1) is 6.58 Å². The van der Waals surface area contributed by atoms with Gasteiger partial charge in [-0.2, -0.15) is 0 Å². The molecule has 0 heterocycles. The first-order valence-electron chi connectivity index (χ1n) is 3.52. The summed E-state index contributed by atoms with van der Waals surface area (Å²) in [5, 5.41) is 18.2. The molecule has 0 aromatic rings. The number of aliphatic hydroxyl groups excluding tert-OH is 2. The first-order valence-corrected chi connectivity index (χ1v) is 3.52. The predicted molar refractivity (Wildman–Crippen MR) is 43.4 cm³/mol. The van der Waals surface area contributed by atoms with Crippen LogP contribution < -0.4 is 0 Å². The molecule has 0 saturated heterocycles. The van der Waals surface area contributed by atoms with E-state index in [1.54, 1.807) is 0 Å². The molecule has 4 heteroatoms. The highest BCUT2D eigenvalue weighted by atomic mass is 16.5. The van der Waals surface area contributed by atoms with Crippen LogP contribution in [0.2, 0.25) is 0 Å². The zero-order chi connectivity index (χ0) is 9.78. The van der Waals surface area contributed by atoms with Gasteiger partial charge in [0.15, 0.2) is 0 Å². The summed E-state index contributed by atoms with van der Waals surface area (Å²) >= 11 is 0. The lowest BCUT2D eigenvalue weighted by molar-refractivity contribution is -0.160. The van der Waals surface area contributed by atoms with Crippen LogP contribution in [0.25, 0.3) is 0 Å². The van der Waals surface area contributed by atoms with Crippen molar-refractivity contribution < 1.29 is 19.7 Å². The van der Waals surface area contributed by atoms with Gasteiger partial charge in [0.1, 0.15) is 5.41 Å². The molecular weight excluding hydrogens is 160 g/mol. The Morgan fingerprint density at radius 3 is 2.58 bits per heavy atom. The van der Waals surface area contributed by atoms with Gasteiger partial charge in [0.2, 0.25) is 0 Å². The molecule has 0 fully saturated rings. The van der Waals surface area contributed by atoms with E-state index in [9.17, 15) is 9.90 Å². The fourth-order valence-corrected chi connectivity index (χ4v) is 0.772. The van der Waals surface area contributed by atoms with E-state index in [0.717, 1.165) is 0 Å². The van der Waals surface area contributed by atoms with Crippen LogP contribution in [0.3, 0.4) is 0 Å². The highest BCUT2D eigenvalue weighted by molar-refractivity contribution is 5.77. The Bertz CT molecular complexity index is 178. The summed E-state index contributed by atoms with van der Waals surface area (Å²) in [7, 11) is 1.20. The van der Waals surface area contributed by atoms with Crippen LogP contribution in [0.5, 0.6) is 0 Å².